The number of thiophene rings is 1. The van der Waals surface area contributed by atoms with Crippen LogP contribution in [0.25, 0.3) is 0 Å². The van der Waals surface area contributed by atoms with Crippen LogP contribution < -0.4 is 5.73 Å². The van der Waals surface area contributed by atoms with Crippen molar-refractivity contribution in [3.63, 3.8) is 0 Å². The third-order valence-electron chi connectivity index (χ3n) is 3.90. The smallest absolute Gasteiger partial charge is 0.348 e. The van der Waals surface area contributed by atoms with E-state index in [2.05, 4.69) is 0 Å². The highest BCUT2D eigenvalue weighted by Gasteiger charge is 2.23. The molecule has 0 aliphatic rings. The highest BCUT2D eigenvalue weighted by molar-refractivity contribution is 7.18. The molecule has 1 aromatic heterocycles. The van der Waals surface area contributed by atoms with Gasteiger partial charge in [0.2, 0.25) is 0 Å². The molecule has 0 aliphatic heterocycles. The summed E-state index contributed by atoms with van der Waals surface area (Å²) in [7, 11) is 0. The van der Waals surface area contributed by atoms with Crippen LogP contribution in [0.2, 0.25) is 0 Å². The molecule has 1 aromatic carbocycles. The van der Waals surface area contributed by atoms with Gasteiger partial charge in [-0.25, -0.2) is 4.79 Å². The Labute approximate surface area is 156 Å². The second kappa shape index (κ2) is 8.50. The molecule has 1 heterocycles. The molecule has 136 valence electrons. The largest absolute Gasteiger partial charge is 0.462 e. The Hall–Kier alpha value is -2.85. The summed E-state index contributed by atoms with van der Waals surface area (Å²) in [6.45, 7) is 5.66. The number of ether oxygens (including phenoxy) is 2. The number of nitrogens with zero attached hydrogens (tertiary/aromatic N) is 1. The first kappa shape index (κ1) is 19.5. The Morgan fingerprint density at radius 2 is 1.96 bits per heavy atom. The average Bonchev–Trinajstić information content (AvgIpc) is 2.92. The van der Waals surface area contributed by atoms with Crippen molar-refractivity contribution < 1.29 is 19.1 Å². The summed E-state index contributed by atoms with van der Waals surface area (Å²) in [6, 6.07) is 7.71. The van der Waals surface area contributed by atoms with Gasteiger partial charge in [-0.3, -0.25) is 4.79 Å². The molecule has 2 aromatic rings. The molecule has 0 radical (unpaired) electrons. The number of nitriles is 1. The minimum atomic E-state index is -0.578. The van der Waals surface area contributed by atoms with Gasteiger partial charge in [-0.1, -0.05) is 18.2 Å². The SMILES string of the molecule is CCOC(=O)c1sc(N)c(C#N)c1COC(=O)Cc1ccc(C)c(C)c1. The number of hydrogen-bond donors (Lipinski definition) is 1. The molecule has 0 saturated carbocycles. The van der Waals surface area contributed by atoms with Gasteiger partial charge in [-0.05, 0) is 37.5 Å². The molecule has 2 N–H and O–H groups in total. The molecular formula is C19H20N2O4S. The standard InChI is InChI=1S/C19H20N2O4S/c1-4-24-19(23)17-15(14(9-20)18(21)26-17)10-25-16(22)8-13-6-5-11(2)12(3)7-13/h5-7H,4,8,10,21H2,1-3H3. The van der Waals surface area contributed by atoms with E-state index in [4.69, 9.17) is 15.2 Å². The summed E-state index contributed by atoms with van der Waals surface area (Å²) in [5.41, 5.74) is 9.32. The van der Waals surface area contributed by atoms with E-state index in [0.29, 0.717) is 5.56 Å². The number of carbonyl (C=O) groups is 2. The van der Waals surface area contributed by atoms with Gasteiger partial charge in [-0.2, -0.15) is 5.26 Å². The zero-order chi connectivity index (χ0) is 19.3. The number of anilines is 1. The Balaban J connectivity index is 2.12. The van der Waals surface area contributed by atoms with E-state index in [-0.39, 0.29) is 35.1 Å². The fourth-order valence-electron chi connectivity index (χ4n) is 2.39. The van der Waals surface area contributed by atoms with Crippen molar-refractivity contribution >= 4 is 28.3 Å². The van der Waals surface area contributed by atoms with E-state index in [1.54, 1.807) is 6.92 Å². The van der Waals surface area contributed by atoms with Crippen molar-refractivity contribution in [2.75, 3.05) is 12.3 Å². The number of nitrogens with two attached hydrogens (primary N) is 1. The zero-order valence-corrected chi connectivity index (χ0v) is 15.7. The fraction of sp³-hybridized carbons (Fsp3) is 0.316. The van der Waals surface area contributed by atoms with Crippen LogP contribution in [0.3, 0.4) is 0 Å². The summed E-state index contributed by atoms with van der Waals surface area (Å²) >= 11 is 0.962. The number of hydrogen-bond acceptors (Lipinski definition) is 7. The van der Waals surface area contributed by atoms with Gasteiger partial charge in [0.15, 0.2) is 0 Å². The maximum absolute atomic E-state index is 12.1. The van der Waals surface area contributed by atoms with Crippen molar-refractivity contribution in [3.8, 4) is 6.07 Å². The van der Waals surface area contributed by atoms with Crippen LogP contribution in [0.1, 0.15) is 44.4 Å². The molecular weight excluding hydrogens is 352 g/mol. The second-order valence-electron chi connectivity index (χ2n) is 5.74. The highest BCUT2D eigenvalue weighted by Crippen LogP contribution is 2.31. The van der Waals surface area contributed by atoms with E-state index < -0.39 is 11.9 Å². The lowest BCUT2D eigenvalue weighted by Gasteiger charge is -2.08. The van der Waals surface area contributed by atoms with Crippen molar-refractivity contribution in [3.05, 3.63) is 50.9 Å². The Morgan fingerprint density at radius 1 is 1.23 bits per heavy atom. The minimum Gasteiger partial charge on any atom is -0.462 e. The number of carbonyl (C=O) groups excluding carboxylic acids is 2. The third-order valence-corrected chi connectivity index (χ3v) is 4.95. The number of rotatable bonds is 6. The Kier molecular flexibility index (Phi) is 6.36. The van der Waals surface area contributed by atoms with Crippen LogP contribution in [0.5, 0.6) is 0 Å². The molecule has 0 aliphatic carbocycles. The van der Waals surface area contributed by atoms with Gasteiger partial charge in [0, 0.05) is 5.56 Å². The average molecular weight is 372 g/mol. The lowest BCUT2D eigenvalue weighted by atomic mass is 10.0. The summed E-state index contributed by atoms with van der Waals surface area (Å²) in [6.07, 6.45) is 0.108. The minimum absolute atomic E-state index is 0.108. The molecule has 0 atom stereocenters. The highest BCUT2D eigenvalue weighted by atomic mass is 32.1. The van der Waals surface area contributed by atoms with Gasteiger partial charge < -0.3 is 15.2 Å². The van der Waals surface area contributed by atoms with Crippen LogP contribution in [-0.2, 0) is 27.3 Å². The van der Waals surface area contributed by atoms with Gasteiger partial charge in [0.05, 0.1) is 18.6 Å². The quantitative estimate of drug-likeness (QED) is 0.781. The molecule has 0 unspecified atom stereocenters. The van der Waals surface area contributed by atoms with Crippen molar-refractivity contribution in [1.29, 1.82) is 5.26 Å². The maximum atomic E-state index is 12.1. The van der Waals surface area contributed by atoms with Crippen molar-refractivity contribution in [2.24, 2.45) is 0 Å². The van der Waals surface area contributed by atoms with Crippen LogP contribution in [-0.4, -0.2) is 18.5 Å². The van der Waals surface area contributed by atoms with E-state index in [0.717, 1.165) is 28.0 Å². The second-order valence-corrected chi connectivity index (χ2v) is 6.79. The zero-order valence-electron chi connectivity index (χ0n) is 14.9. The molecule has 7 heteroatoms. The van der Waals surface area contributed by atoms with E-state index in [9.17, 15) is 14.9 Å². The van der Waals surface area contributed by atoms with Crippen LogP contribution in [0.15, 0.2) is 18.2 Å². The molecule has 6 nitrogen and oxygen atoms in total. The van der Waals surface area contributed by atoms with Crippen LogP contribution in [0.4, 0.5) is 5.00 Å². The van der Waals surface area contributed by atoms with Gasteiger partial charge in [-0.15, -0.1) is 11.3 Å². The predicted molar refractivity (Wildman–Crippen MR) is 98.8 cm³/mol. The predicted octanol–water partition coefficient (Wildman–Crippen LogP) is 3.28. The van der Waals surface area contributed by atoms with Gasteiger partial charge in [0.1, 0.15) is 22.6 Å². The summed E-state index contributed by atoms with van der Waals surface area (Å²) < 4.78 is 10.3. The first-order valence-corrected chi connectivity index (χ1v) is 8.89. The van der Waals surface area contributed by atoms with Crippen molar-refractivity contribution in [2.45, 2.75) is 33.8 Å². The molecule has 26 heavy (non-hydrogen) atoms. The first-order chi connectivity index (χ1) is 12.4. The van der Waals surface area contributed by atoms with E-state index in [1.807, 2.05) is 38.1 Å². The first-order valence-electron chi connectivity index (χ1n) is 8.07. The van der Waals surface area contributed by atoms with E-state index >= 15 is 0 Å². The number of aryl methyl sites for hydroxylation is 2. The normalized spacial score (nSPS) is 10.2. The lowest BCUT2D eigenvalue weighted by molar-refractivity contribution is -0.144. The maximum Gasteiger partial charge on any atom is 0.348 e. The number of benzene rings is 1. The number of nitrogen functional groups attached to an aromatic ring is 1. The molecule has 0 spiro atoms. The van der Waals surface area contributed by atoms with Crippen molar-refractivity contribution in [1.82, 2.24) is 0 Å². The molecule has 0 bridgehead atoms. The van der Waals surface area contributed by atoms with Gasteiger partial charge in [0.25, 0.3) is 0 Å². The summed E-state index contributed by atoms with van der Waals surface area (Å²) in [4.78, 5) is 24.4. The Morgan fingerprint density at radius 3 is 2.58 bits per heavy atom. The summed E-state index contributed by atoms with van der Waals surface area (Å²) in [5, 5.41) is 9.47. The lowest BCUT2D eigenvalue weighted by Crippen LogP contribution is -2.11. The molecule has 0 amide bonds. The number of esters is 2. The summed E-state index contributed by atoms with van der Waals surface area (Å²) in [5.74, 6) is -1.03. The topological polar surface area (TPSA) is 102 Å². The molecule has 0 fully saturated rings. The van der Waals surface area contributed by atoms with Crippen LogP contribution in [0, 0.1) is 25.2 Å². The monoisotopic (exact) mass is 372 g/mol. The third kappa shape index (κ3) is 4.41. The molecule has 2 rings (SSSR count). The van der Waals surface area contributed by atoms with E-state index in [1.165, 1.54) is 0 Å². The Bertz CT molecular complexity index is 880. The van der Waals surface area contributed by atoms with Gasteiger partial charge >= 0.3 is 11.9 Å². The molecule has 0 saturated heterocycles. The van der Waals surface area contributed by atoms with Crippen LogP contribution >= 0.6 is 11.3 Å². The fourth-order valence-corrected chi connectivity index (χ4v) is 3.31.